The first-order valence-electron chi connectivity index (χ1n) is 8.64. The summed E-state index contributed by atoms with van der Waals surface area (Å²) in [5.41, 5.74) is 5.49. The zero-order chi connectivity index (χ0) is 20.3. The third kappa shape index (κ3) is 5.03. The van der Waals surface area contributed by atoms with E-state index in [2.05, 4.69) is 36.7 Å². The average molecular weight is 448 g/mol. The number of nitrogens with zero attached hydrogens (tertiary/aromatic N) is 1. The summed E-state index contributed by atoms with van der Waals surface area (Å²) in [6.45, 7) is 8.10. The van der Waals surface area contributed by atoms with Crippen molar-refractivity contribution in [1.82, 2.24) is 0 Å². The van der Waals surface area contributed by atoms with Crippen LogP contribution >= 0.6 is 23.1 Å². The molecule has 0 fully saturated rings. The number of hydrogen-bond acceptors (Lipinski definition) is 4. The Labute approximate surface area is 178 Å². The van der Waals surface area contributed by atoms with Gasteiger partial charge in [-0.3, -0.25) is 0 Å². The van der Waals surface area contributed by atoms with Crippen LogP contribution in [0.25, 0.3) is 0 Å². The summed E-state index contributed by atoms with van der Waals surface area (Å²) >= 11 is 4.23. The minimum absolute atomic E-state index is 0.212. The maximum atomic E-state index is 12.7. The van der Waals surface area contributed by atoms with E-state index in [0.29, 0.717) is 0 Å². The smallest absolute Gasteiger partial charge is 0.198 e. The molecule has 146 valence electrons. The lowest BCUT2D eigenvalue weighted by atomic mass is 10.0. The minimum atomic E-state index is -3.74. The van der Waals surface area contributed by atoms with E-state index in [9.17, 15) is 8.42 Å². The lowest BCUT2D eigenvalue weighted by Crippen LogP contribution is -2.03. The molecule has 7 heteroatoms. The highest BCUT2D eigenvalue weighted by Crippen LogP contribution is 2.30. The molecule has 0 radical (unpaired) electrons. The predicted octanol–water partition coefficient (Wildman–Crippen LogP) is 5.91. The first-order chi connectivity index (χ1) is 13.3. The number of hydrogen-bond donors (Lipinski definition) is 0. The Bertz CT molecular complexity index is 1130. The molecule has 1 aromatic heterocycles. The highest BCUT2D eigenvalue weighted by atomic mass is 32.2. The van der Waals surface area contributed by atoms with Crippen LogP contribution in [-0.4, -0.2) is 12.6 Å². The van der Waals surface area contributed by atoms with Gasteiger partial charge in [0.2, 0.25) is 0 Å². The SMILES string of the molecule is Cc1ccc(S(=O)(=O)N=S=C(Sc2cccs2)c2c(C)cc(C)cc2C)cc1. The van der Waals surface area contributed by atoms with Gasteiger partial charge in [0.25, 0.3) is 10.0 Å². The van der Waals surface area contributed by atoms with Gasteiger partial charge >= 0.3 is 0 Å². The fraction of sp³-hybridized carbons (Fsp3) is 0.190. The van der Waals surface area contributed by atoms with E-state index < -0.39 is 10.0 Å². The molecular weight excluding hydrogens is 427 g/mol. The van der Waals surface area contributed by atoms with Crippen molar-refractivity contribution >= 4 is 48.5 Å². The molecule has 0 N–H and O–H groups in total. The van der Waals surface area contributed by atoms with Crippen LogP contribution in [0.4, 0.5) is 0 Å². The zero-order valence-corrected chi connectivity index (χ0v) is 19.4. The topological polar surface area (TPSA) is 46.5 Å². The van der Waals surface area contributed by atoms with Crippen molar-refractivity contribution in [2.24, 2.45) is 3.77 Å². The van der Waals surface area contributed by atoms with Gasteiger partial charge in [0, 0.05) is 5.56 Å². The summed E-state index contributed by atoms with van der Waals surface area (Å²) in [6.07, 6.45) is 0. The van der Waals surface area contributed by atoms with Crippen LogP contribution in [0.1, 0.15) is 27.8 Å². The van der Waals surface area contributed by atoms with Gasteiger partial charge in [0.15, 0.2) is 0 Å². The predicted molar refractivity (Wildman–Crippen MR) is 123 cm³/mol. The normalized spacial score (nSPS) is 11.3. The number of rotatable bonds is 4. The summed E-state index contributed by atoms with van der Waals surface area (Å²) in [6, 6.07) is 15.0. The Balaban J connectivity index is 2.14. The highest BCUT2D eigenvalue weighted by Gasteiger charge is 2.15. The first-order valence-corrected chi connectivity index (χ1v) is 12.5. The van der Waals surface area contributed by atoms with Gasteiger partial charge in [0.1, 0.15) is 0 Å². The number of thioether (sulfide) groups is 1. The molecule has 0 amide bonds. The van der Waals surface area contributed by atoms with Gasteiger partial charge < -0.3 is 0 Å². The van der Waals surface area contributed by atoms with Crippen molar-refractivity contribution in [2.45, 2.75) is 36.8 Å². The summed E-state index contributed by atoms with van der Waals surface area (Å²) in [4.78, 5) is 0.212. The van der Waals surface area contributed by atoms with Gasteiger partial charge in [-0.25, -0.2) is 0 Å². The van der Waals surface area contributed by atoms with E-state index >= 15 is 0 Å². The molecule has 0 unspecified atom stereocenters. The molecule has 0 aliphatic carbocycles. The summed E-state index contributed by atoms with van der Waals surface area (Å²) in [7, 11) is -3.74. The molecule has 3 nitrogen and oxygen atoms in total. The maximum absolute atomic E-state index is 12.7. The Morgan fingerprint density at radius 2 is 1.57 bits per heavy atom. The standard InChI is InChI=1S/C21H21NO2S4/c1-14-7-9-18(10-8-14)28(23,24)22-27-21(26-19-6-5-11-25-19)20-16(3)12-15(2)13-17(20)4/h5-13H,1-4H3. The molecule has 0 bridgehead atoms. The van der Waals surface area contributed by atoms with Crippen LogP contribution < -0.4 is 0 Å². The Kier molecular flexibility index (Phi) is 6.60. The van der Waals surface area contributed by atoms with Gasteiger partial charge in [-0.15, -0.1) is 11.3 Å². The van der Waals surface area contributed by atoms with Crippen molar-refractivity contribution < 1.29 is 8.42 Å². The molecule has 28 heavy (non-hydrogen) atoms. The molecule has 3 aromatic rings. The first kappa shape index (κ1) is 21.0. The largest absolute Gasteiger partial charge is 0.292 e. The minimum Gasteiger partial charge on any atom is -0.198 e. The van der Waals surface area contributed by atoms with Gasteiger partial charge in [-0.05, 0) is 73.5 Å². The van der Waals surface area contributed by atoms with Crippen molar-refractivity contribution in [2.75, 3.05) is 0 Å². The van der Waals surface area contributed by atoms with E-state index in [4.69, 9.17) is 0 Å². The van der Waals surface area contributed by atoms with Gasteiger partial charge in [-0.1, -0.05) is 57.0 Å². The van der Waals surface area contributed by atoms with Crippen molar-refractivity contribution in [3.8, 4) is 0 Å². The lowest BCUT2D eigenvalue weighted by Gasteiger charge is -2.12. The van der Waals surface area contributed by atoms with Crippen molar-refractivity contribution in [3.63, 3.8) is 0 Å². The van der Waals surface area contributed by atoms with E-state index in [-0.39, 0.29) is 4.90 Å². The Morgan fingerprint density at radius 1 is 0.929 bits per heavy atom. The molecule has 0 spiro atoms. The molecule has 0 atom stereocenters. The Morgan fingerprint density at radius 3 is 2.14 bits per heavy atom. The molecule has 0 saturated carbocycles. The second-order valence-electron chi connectivity index (χ2n) is 6.55. The van der Waals surface area contributed by atoms with Crippen LogP contribution in [0.15, 0.2) is 66.8 Å². The molecule has 0 aliphatic rings. The lowest BCUT2D eigenvalue weighted by molar-refractivity contribution is 0.598. The number of aryl methyl sites for hydroxylation is 4. The van der Waals surface area contributed by atoms with Crippen LogP contribution in [0.3, 0.4) is 0 Å². The van der Waals surface area contributed by atoms with Gasteiger partial charge in [0.05, 0.1) is 13.3 Å². The molecule has 3 rings (SSSR count). The zero-order valence-electron chi connectivity index (χ0n) is 16.1. The second kappa shape index (κ2) is 8.78. The molecule has 0 saturated heterocycles. The summed E-state index contributed by atoms with van der Waals surface area (Å²) < 4.78 is 31.4. The molecule has 0 aliphatic heterocycles. The van der Waals surface area contributed by atoms with E-state index in [1.54, 1.807) is 47.4 Å². The van der Waals surface area contributed by atoms with Gasteiger partial charge in [-0.2, -0.15) is 8.42 Å². The van der Waals surface area contributed by atoms with Crippen LogP contribution in [0, 0.1) is 27.7 Å². The van der Waals surface area contributed by atoms with Crippen LogP contribution in [0.2, 0.25) is 0 Å². The molecule has 2 aromatic carbocycles. The molecular formula is C21H21NO2S4. The quantitative estimate of drug-likeness (QED) is 0.369. The summed E-state index contributed by atoms with van der Waals surface area (Å²) in [5, 5.41) is 2.01. The Hall–Kier alpha value is -1.67. The van der Waals surface area contributed by atoms with Crippen LogP contribution in [0.5, 0.6) is 0 Å². The maximum Gasteiger partial charge on any atom is 0.292 e. The molecule has 1 heterocycles. The van der Waals surface area contributed by atoms with Crippen molar-refractivity contribution in [3.05, 3.63) is 81.7 Å². The average Bonchev–Trinajstić information content (AvgIpc) is 3.12. The second-order valence-corrected chi connectivity index (χ2v) is 11.7. The third-order valence-electron chi connectivity index (χ3n) is 4.11. The number of sulfonamides is 1. The van der Waals surface area contributed by atoms with E-state index in [0.717, 1.165) is 41.8 Å². The third-order valence-corrected chi connectivity index (χ3v) is 8.83. The number of benzene rings is 2. The highest BCUT2D eigenvalue weighted by molar-refractivity contribution is 8.23. The monoisotopic (exact) mass is 447 g/mol. The summed E-state index contributed by atoms with van der Waals surface area (Å²) in [5.74, 6) is 0. The fourth-order valence-electron chi connectivity index (χ4n) is 2.87. The fourth-order valence-corrected chi connectivity index (χ4v) is 7.43. The number of thiophene rings is 1. The van der Waals surface area contributed by atoms with E-state index in [1.807, 2.05) is 24.4 Å². The van der Waals surface area contributed by atoms with E-state index in [1.165, 1.54) is 5.56 Å². The van der Waals surface area contributed by atoms with Crippen LogP contribution in [-0.2, 0) is 21.2 Å². The van der Waals surface area contributed by atoms with Crippen molar-refractivity contribution in [1.29, 1.82) is 0 Å².